The zero-order valence-electron chi connectivity index (χ0n) is 11.5. The highest BCUT2D eigenvalue weighted by molar-refractivity contribution is 5.74. The average Bonchev–Trinajstić information content (AvgIpc) is 2.83. The van der Waals surface area contributed by atoms with Gasteiger partial charge in [-0.2, -0.15) is 13.2 Å². The number of urea groups is 1. The van der Waals surface area contributed by atoms with E-state index < -0.39 is 12.7 Å². The van der Waals surface area contributed by atoms with E-state index in [-0.39, 0.29) is 24.7 Å². The van der Waals surface area contributed by atoms with Gasteiger partial charge in [-0.05, 0) is 19.8 Å². The van der Waals surface area contributed by atoms with Gasteiger partial charge in [-0.1, -0.05) is 12.2 Å². The number of halogens is 3. The Morgan fingerprint density at radius 3 is 2.50 bits per heavy atom. The van der Waals surface area contributed by atoms with Gasteiger partial charge in [0.05, 0.1) is 6.54 Å². The van der Waals surface area contributed by atoms with Crippen LogP contribution in [0, 0.1) is 0 Å². The van der Waals surface area contributed by atoms with Crippen LogP contribution in [-0.4, -0.2) is 60.3 Å². The number of amides is 2. The number of hydrogen-bond acceptors (Lipinski definition) is 2. The molecule has 1 N–H and O–H groups in total. The monoisotopic (exact) mass is 291 g/mol. The second kappa shape index (κ2) is 6.03. The Morgan fingerprint density at radius 1 is 1.30 bits per heavy atom. The van der Waals surface area contributed by atoms with Crippen molar-refractivity contribution < 1.29 is 18.0 Å². The molecule has 1 saturated heterocycles. The fourth-order valence-electron chi connectivity index (χ4n) is 2.65. The molecule has 7 heteroatoms. The molecule has 1 heterocycles. The van der Waals surface area contributed by atoms with Gasteiger partial charge in [-0.25, -0.2) is 4.79 Å². The van der Waals surface area contributed by atoms with Crippen molar-refractivity contribution in [2.24, 2.45) is 0 Å². The summed E-state index contributed by atoms with van der Waals surface area (Å²) in [5.74, 6) is 0. The molecule has 114 valence electrons. The first kappa shape index (κ1) is 15.2. The molecule has 1 aliphatic carbocycles. The van der Waals surface area contributed by atoms with Crippen molar-refractivity contribution in [2.45, 2.75) is 38.0 Å². The van der Waals surface area contributed by atoms with Crippen LogP contribution in [0.5, 0.6) is 0 Å². The number of carbonyl (C=O) groups excluding carboxylic acids is 1. The quantitative estimate of drug-likeness (QED) is 0.790. The fraction of sp³-hybridized carbons (Fsp3) is 0.769. The molecule has 1 fully saturated rings. The Bertz CT molecular complexity index is 376. The van der Waals surface area contributed by atoms with Gasteiger partial charge in [0.25, 0.3) is 0 Å². The van der Waals surface area contributed by atoms with Crippen LogP contribution in [0.3, 0.4) is 0 Å². The lowest BCUT2D eigenvalue weighted by Crippen LogP contribution is -2.58. The normalized spacial score (nSPS) is 25.2. The maximum absolute atomic E-state index is 12.4. The Morgan fingerprint density at radius 2 is 1.95 bits per heavy atom. The summed E-state index contributed by atoms with van der Waals surface area (Å²) in [5, 5.41) is 2.92. The van der Waals surface area contributed by atoms with Crippen molar-refractivity contribution in [3.63, 3.8) is 0 Å². The zero-order chi connectivity index (χ0) is 14.8. The molecule has 4 nitrogen and oxygen atoms in total. The largest absolute Gasteiger partial charge is 0.401 e. The molecule has 2 amide bonds. The Kier molecular flexibility index (Phi) is 4.57. The van der Waals surface area contributed by atoms with Crippen molar-refractivity contribution in [3.05, 3.63) is 12.2 Å². The molecule has 2 rings (SSSR count). The van der Waals surface area contributed by atoms with E-state index in [1.54, 1.807) is 11.8 Å². The standard InChI is InChI=1S/C13H20F3N3O/c1-10-8-18(6-7-19(10)9-13(14,15)16)12(20)17-11-4-2-3-5-11/h2-3,10-11H,4-9H2,1H3,(H,17,20)/t10-/m1/s1. The summed E-state index contributed by atoms with van der Waals surface area (Å²) in [6.07, 6.45) is 1.52. The van der Waals surface area contributed by atoms with E-state index in [1.807, 2.05) is 12.2 Å². The summed E-state index contributed by atoms with van der Waals surface area (Å²) in [7, 11) is 0. The minimum atomic E-state index is -4.19. The van der Waals surface area contributed by atoms with Gasteiger partial charge in [-0.3, -0.25) is 4.90 Å². The van der Waals surface area contributed by atoms with Gasteiger partial charge in [0, 0.05) is 31.7 Å². The molecule has 0 radical (unpaired) electrons. The highest BCUT2D eigenvalue weighted by Crippen LogP contribution is 2.20. The molecule has 0 saturated carbocycles. The van der Waals surface area contributed by atoms with Crippen LogP contribution in [0.2, 0.25) is 0 Å². The Hall–Kier alpha value is -1.24. The van der Waals surface area contributed by atoms with Gasteiger partial charge < -0.3 is 10.2 Å². The zero-order valence-corrected chi connectivity index (χ0v) is 11.5. The van der Waals surface area contributed by atoms with Crippen molar-refractivity contribution in [2.75, 3.05) is 26.2 Å². The lowest BCUT2D eigenvalue weighted by atomic mass is 10.2. The van der Waals surface area contributed by atoms with Crippen molar-refractivity contribution in [1.29, 1.82) is 0 Å². The summed E-state index contributed by atoms with van der Waals surface area (Å²) >= 11 is 0. The van der Waals surface area contributed by atoms with E-state index in [1.165, 1.54) is 4.90 Å². The molecular weight excluding hydrogens is 271 g/mol. The highest BCUT2D eigenvalue weighted by Gasteiger charge is 2.36. The van der Waals surface area contributed by atoms with E-state index in [9.17, 15) is 18.0 Å². The topological polar surface area (TPSA) is 35.6 Å². The smallest absolute Gasteiger partial charge is 0.335 e. The lowest BCUT2D eigenvalue weighted by Gasteiger charge is -2.40. The van der Waals surface area contributed by atoms with E-state index in [0.717, 1.165) is 12.8 Å². The molecule has 0 unspecified atom stereocenters. The third kappa shape index (κ3) is 4.13. The number of hydrogen-bond donors (Lipinski definition) is 1. The van der Waals surface area contributed by atoms with E-state index in [0.29, 0.717) is 13.1 Å². The summed E-state index contributed by atoms with van der Waals surface area (Å²) in [4.78, 5) is 15.0. The second-order valence-corrected chi connectivity index (χ2v) is 5.47. The van der Waals surface area contributed by atoms with Crippen LogP contribution in [0.25, 0.3) is 0 Å². The number of piperazine rings is 1. The first-order valence-corrected chi connectivity index (χ1v) is 6.86. The summed E-state index contributed by atoms with van der Waals surface area (Å²) in [6, 6.07) is -0.318. The van der Waals surface area contributed by atoms with Crippen molar-refractivity contribution in [3.8, 4) is 0 Å². The third-order valence-electron chi connectivity index (χ3n) is 3.77. The van der Waals surface area contributed by atoms with Crippen LogP contribution in [0.15, 0.2) is 12.2 Å². The molecule has 20 heavy (non-hydrogen) atoms. The first-order valence-electron chi connectivity index (χ1n) is 6.86. The maximum atomic E-state index is 12.4. The van der Waals surface area contributed by atoms with Gasteiger partial charge in [0.2, 0.25) is 0 Å². The van der Waals surface area contributed by atoms with Gasteiger partial charge in [0.15, 0.2) is 0 Å². The van der Waals surface area contributed by atoms with E-state index in [4.69, 9.17) is 0 Å². The lowest BCUT2D eigenvalue weighted by molar-refractivity contribution is -0.153. The third-order valence-corrected chi connectivity index (χ3v) is 3.77. The maximum Gasteiger partial charge on any atom is 0.401 e. The molecule has 0 aromatic carbocycles. The summed E-state index contributed by atoms with van der Waals surface area (Å²) in [5.41, 5.74) is 0. The minimum absolute atomic E-state index is 0.131. The number of rotatable bonds is 2. The number of nitrogens with one attached hydrogen (secondary N) is 1. The predicted octanol–water partition coefficient (Wildman–Crippen LogP) is 1.98. The fourth-order valence-corrected chi connectivity index (χ4v) is 2.65. The van der Waals surface area contributed by atoms with E-state index in [2.05, 4.69) is 5.32 Å². The number of carbonyl (C=O) groups is 1. The van der Waals surface area contributed by atoms with Gasteiger partial charge in [-0.15, -0.1) is 0 Å². The molecule has 0 aromatic heterocycles. The van der Waals surface area contributed by atoms with Crippen LogP contribution in [-0.2, 0) is 0 Å². The molecule has 1 atom stereocenters. The molecular formula is C13H20F3N3O. The SMILES string of the molecule is C[C@@H]1CN(C(=O)NC2CC=CC2)CCN1CC(F)(F)F. The second-order valence-electron chi connectivity index (χ2n) is 5.47. The molecule has 0 aromatic rings. The van der Waals surface area contributed by atoms with Gasteiger partial charge >= 0.3 is 12.2 Å². The van der Waals surface area contributed by atoms with Crippen LogP contribution < -0.4 is 5.32 Å². The average molecular weight is 291 g/mol. The molecule has 0 spiro atoms. The minimum Gasteiger partial charge on any atom is -0.335 e. The Balaban J connectivity index is 1.80. The Labute approximate surface area is 116 Å². The van der Waals surface area contributed by atoms with Crippen LogP contribution >= 0.6 is 0 Å². The van der Waals surface area contributed by atoms with Crippen LogP contribution in [0.4, 0.5) is 18.0 Å². The number of nitrogens with zero attached hydrogens (tertiary/aromatic N) is 2. The van der Waals surface area contributed by atoms with Crippen molar-refractivity contribution in [1.82, 2.24) is 15.1 Å². The molecule has 0 bridgehead atoms. The van der Waals surface area contributed by atoms with Gasteiger partial charge in [0.1, 0.15) is 0 Å². The summed E-state index contributed by atoms with van der Waals surface area (Å²) < 4.78 is 37.2. The highest BCUT2D eigenvalue weighted by atomic mass is 19.4. The summed E-state index contributed by atoms with van der Waals surface area (Å²) in [6.45, 7) is 1.75. The first-order chi connectivity index (χ1) is 9.35. The molecule has 1 aliphatic heterocycles. The molecule has 2 aliphatic rings. The van der Waals surface area contributed by atoms with E-state index >= 15 is 0 Å². The van der Waals surface area contributed by atoms with Crippen LogP contribution in [0.1, 0.15) is 19.8 Å². The predicted molar refractivity (Wildman–Crippen MR) is 69.4 cm³/mol. The van der Waals surface area contributed by atoms with Crippen molar-refractivity contribution >= 4 is 6.03 Å². The number of alkyl halides is 3.